The summed E-state index contributed by atoms with van der Waals surface area (Å²) in [4.78, 5) is 11.6. The van der Waals surface area contributed by atoms with Crippen LogP contribution in [0.3, 0.4) is 0 Å². The minimum atomic E-state index is -0.192. The fourth-order valence-electron chi connectivity index (χ4n) is 2.49. The van der Waals surface area contributed by atoms with E-state index in [1.54, 1.807) is 7.05 Å². The molecule has 0 aliphatic carbocycles. The van der Waals surface area contributed by atoms with Gasteiger partial charge in [-0.25, -0.2) is 0 Å². The third-order valence-corrected chi connectivity index (χ3v) is 3.54. The van der Waals surface area contributed by atoms with Gasteiger partial charge < -0.3 is 14.8 Å². The van der Waals surface area contributed by atoms with Crippen LogP contribution in [0, 0.1) is 0 Å². The van der Waals surface area contributed by atoms with Gasteiger partial charge in [-0.2, -0.15) is 0 Å². The van der Waals surface area contributed by atoms with Crippen LogP contribution < -0.4 is 5.32 Å². The van der Waals surface area contributed by atoms with Crippen LogP contribution in [0.1, 0.15) is 22.3 Å². The number of hydrogen-bond donors (Lipinski definition) is 1. The lowest BCUT2D eigenvalue weighted by Crippen LogP contribution is -2.25. The second-order valence-electron chi connectivity index (χ2n) is 4.48. The molecule has 2 saturated heterocycles. The third-order valence-electron chi connectivity index (χ3n) is 3.54. The molecule has 4 nitrogen and oxygen atoms in total. The summed E-state index contributed by atoms with van der Waals surface area (Å²) in [6.45, 7) is 1.38. The summed E-state index contributed by atoms with van der Waals surface area (Å²) in [6, 6.07) is 7.67. The summed E-state index contributed by atoms with van der Waals surface area (Å²) in [7, 11) is 1.64. The van der Waals surface area contributed by atoms with Crippen molar-refractivity contribution < 1.29 is 14.3 Å². The first kappa shape index (κ1) is 10.7. The Morgan fingerprint density at radius 1 is 1.53 bits per heavy atom. The number of rotatable bonds is 2. The van der Waals surface area contributed by atoms with Crippen LogP contribution in [0.5, 0.6) is 0 Å². The molecule has 2 unspecified atom stereocenters. The van der Waals surface area contributed by atoms with Crippen LogP contribution in [0.15, 0.2) is 24.3 Å². The van der Waals surface area contributed by atoms with Crippen molar-refractivity contribution in [2.45, 2.75) is 18.1 Å². The maximum absolute atomic E-state index is 11.6. The van der Waals surface area contributed by atoms with Crippen molar-refractivity contribution in [3.63, 3.8) is 0 Å². The Kier molecular flexibility index (Phi) is 2.42. The largest absolute Gasteiger partial charge is 0.378 e. The Labute approximate surface area is 99.9 Å². The van der Waals surface area contributed by atoms with Gasteiger partial charge in [0.15, 0.2) is 0 Å². The van der Waals surface area contributed by atoms with Crippen molar-refractivity contribution in [3.05, 3.63) is 35.4 Å². The van der Waals surface area contributed by atoms with Gasteiger partial charge in [0.05, 0.1) is 6.61 Å². The van der Waals surface area contributed by atoms with Gasteiger partial charge in [0.1, 0.15) is 11.7 Å². The SMILES string of the molecule is CNC(=O)c1cccc(C23CCOCC2O3)c1. The van der Waals surface area contributed by atoms with Crippen LogP contribution >= 0.6 is 0 Å². The van der Waals surface area contributed by atoms with Crippen molar-refractivity contribution in [3.8, 4) is 0 Å². The summed E-state index contributed by atoms with van der Waals surface area (Å²) in [6.07, 6.45) is 1.03. The number of fused-ring (bicyclic) bond motifs is 1. The fourth-order valence-corrected chi connectivity index (χ4v) is 2.49. The van der Waals surface area contributed by atoms with Gasteiger partial charge in [-0.3, -0.25) is 4.79 Å². The Hall–Kier alpha value is -1.39. The molecule has 1 N–H and O–H groups in total. The second kappa shape index (κ2) is 3.82. The molecular formula is C13H15NO3. The summed E-state index contributed by atoms with van der Waals surface area (Å²) >= 11 is 0. The molecule has 2 aliphatic rings. The molecule has 0 radical (unpaired) electrons. The average Bonchev–Trinajstić information content (AvgIpc) is 3.14. The number of amides is 1. The molecule has 3 rings (SSSR count). The number of carbonyl (C=O) groups is 1. The zero-order chi connectivity index (χ0) is 11.9. The van der Waals surface area contributed by atoms with E-state index in [1.807, 2.05) is 24.3 Å². The summed E-state index contributed by atoms with van der Waals surface area (Å²) in [5, 5.41) is 2.63. The van der Waals surface area contributed by atoms with E-state index in [0.29, 0.717) is 12.2 Å². The highest BCUT2D eigenvalue weighted by atomic mass is 16.6. The van der Waals surface area contributed by atoms with Gasteiger partial charge in [-0.1, -0.05) is 12.1 Å². The summed E-state index contributed by atoms with van der Waals surface area (Å²) in [5.74, 6) is -0.0625. The van der Waals surface area contributed by atoms with Crippen molar-refractivity contribution in [1.82, 2.24) is 5.32 Å². The van der Waals surface area contributed by atoms with Gasteiger partial charge in [0.2, 0.25) is 0 Å². The lowest BCUT2D eigenvalue weighted by Gasteiger charge is -2.18. The third kappa shape index (κ3) is 1.64. The molecule has 0 aromatic heterocycles. The molecule has 2 heterocycles. The van der Waals surface area contributed by atoms with Crippen LogP contribution in [0.2, 0.25) is 0 Å². The quantitative estimate of drug-likeness (QED) is 0.777. The molecule has 1 aromatic rings. The van der Waals surface area contributed by atoms with Crippen molar-refractivity contribution in [2.24, 2.45) is 0 Å². The molecule has 90 valence electrons. The average molecular weight is 233 g/mol. The molecule has 2 atom stereocenters. The van der Waals surface area contributed by atoms with Crippen LogP contribution in [-0.2, 0) is 15.1 Å². The van der Waals surface area contributed by atoms with Gasteiger partial charge in [-0.05, 0) is 17.7 Å². The van der Waals surface area contributed by atoms with Crippen LogP contribution in [0.4, 0.5) is 0 Å². The number of ether oxygens (including phenoxy) is 2. The minimum absolute atomic E-state index is 0.0625. The molecule has 2 aliphatic heterocycles. The molecular weight excluding hydrogens is 218 g/mol. The molecule has 0 spiro atoms. The predicted octanol–water partition coefficient (Wildman–Crippen LogP) is 1.06. The van der Waals surface area contributed by atoms with E-state index >= 15 is 0 Å². The van der Waals surface area contributed by atoms with E-state index in [4.69, 9.17) is 9.47 Å². The lowest BCUT2D eigenvalue weighted by atomic mass is 9.90. The zero-order valence-electron chi connectivity index (χ0n) is 9.73. The molecule has 1 amide bonds. The van der Waals surface area contributed by atoms with E-state index in [1.165, 1.54) is 0 Å². The highest BCUT2D eigenvalue weighted by molar-refractivity contribution is 5.94. The van der Waals surface area contributed by atoms with Crippen LogP contribution in [-0.4, -0.2) is 32.3 Å². The normalized spacial score (nSPS) is 30.5. The highest BCUT2D eigenvalue weighted by Crippen LogP contribution is 2.51. The number of benzene rings is 1. The smallest absolute Gasteiger partial charge is 0.251 e. The second-order valence-corrected chi connectivity index (χ2v) is 4.48. The van der Waals surface area contributed by atoms with Crippen molar-refractivity contribution >= 4 is 5.91 Å². The Bertz CT molecular complexity index is 460. The van der Waals surface area contributed by atoms with Gasteiger partial charge in [-0.15, -0.1) is 0 Å². The van der Waals surface area contributed by atoms with E-state index < -0.39 is 0 Å². The van der Waals surface area contributed by atoms with Crippen molar-refractivity contribution in [1.29, 1.82) is 0 Å². The molecule has 0 saturated carbocycles. The Balaban J connectivity index is 1.91. The number of hydrogen-bond acceptors (Lipinski definition) is 3. The predicted molar refractivity (Wildman–Crippen MR) is 61.8 cm³/mol. The maximum atomic E-state index is 11.6. The highest BCUT2D eigenvalue weighted by Gasteiger charge is 2.59. The van der Waals surface area contributed by atoms with Gasteiger partial charge >= 0.3 is 0 Å². The monoisotopic (exact) mass is 233 g/mol. The van der Waals surface area contributed by atoms with E-state index in [2.05, 4.69) is 5.32 Å². The first-order valence-corrected chi connectivity index (χ1v) is 5.84. The lowest BCUT2D eigenvalue weighted by molar-refractivity contribution is 0.0960. The molecule has 1 aromatic carbocycles. The molecule has 2 fully saturated rings. The zero-order valence-corrected chi connectivity index (χ0v) is 9.73. The number of nitrogens with one attached hydrogen (secondary N) is 1. The molecule has 17 heavy (non-hydrogen) atoms. The molecule has 4 heteroatoms. The van der Waals surface area contributed by atoms with E-state index in [9.17, 15) is 4.79 Å². The number of carbonyl (C=O) groups excluding carboxylic acids is 1. The van der Waals surface area contributed by atoms with Gasteiger partial charge in [0.25, 0.3) is 5.91 Å². The Morgan fingerprint density at radius 3 is 3.18 bits per heavy atom. The summed E-state index contributed by atoms with van der Waals surface area (Å²) in [5.41, 5.74) is 1.58. The van der Waals surface area contributed by atoms with Gasteiger partial charge in [0, 0.05) is 25.6 Å². The van der Waals surface area contributed by atoms with Crippen molar-refractivity contribution in [2.75, 3.05) is 20.3 Å². The van der Waals surface area contributed by atoms with E-state index in [0.717, 1.165) is 18.6 Å². The minimum Gasteiger partial charge on any atom is -0.378 e. The molecule has 0 bridgehead atoms. The maximum Gasteiger partial charge on any atom is 0.251 e. The fraction of sp³-hybridized carbons (Fsp3) is 0.462. The topological polar surface area (TPSA) is 50.9 Å². The van der Waals surface area contributed by atoms with Crippen LogP contribution in [0.25, 0.3) is 0 Å². The summed E-state index contributed by atoms with van der Waals surface area (Å²) < 4.78 is 11.1. The first-order valence-electron chi connectivity index (χ1n) is 5.84. The standard InChI is InChI=1S/C13H15NO3/c1-14-12(15)9-3-2-4-10(7-9)13-5-6-16-8-11(13)17-13/h2-4,7,11H,5-6,8H2,1H3,(H,14,15). The number of epoxide rings is 1. The first-order chi connectivity index (χ1) is 8.26. The van der Waals surface area contributed by atoms with E-state index in [-0.39, 0.29) is 17.6 Å². The Morgan fingerprint density at radius 2 is 2.41 bits per heavy atom.